The summed E-state index contributed by atoms with van der Waals surface area (Å²) >= 11 is 0. The van der Waals surface area contributed by atoms with Gasteiger partial charge in [-0.05, 0) is 31.0 Å². The van der Waals surface area contributed by atoms with Crippen molar-refractivity contribution in [3.05, 3.63) is 54.0 Å². The fourth-order valence-electron chi connectivity index (χ4n) is 3.01. The SMILES string of the molecule is CCOC(=O)Cc1c(CCC=O)n(-c2ncccn2)c2ccccc12. The van der Waals surface area contributed by atoms with Crippen LogP contribution in [0.2, 0.25) is 0 Å². The number of benzene rings is 1. The van der Waals surface area contributed by atoms with E-state index in [4.69, 9.17) is 4.74 Å². The van der Waals surface area contributed by atoms with E-state index in [9.17, 15) is 9.59 Å². The number of esters is 1. The first kappa shape index (κ1) is 16.8. The molecule has 0 atom stereocenters. The molecule has 6 heteroatoms. The normalized spacial score (nSPS) is 10.8. The fourth-order valence-corrected chi connectivity index (χ4v) is 3.01. The van der Waals surface area contributed by atoms with Crippen molar-refractivity contribution in [3.8, 4) is 5.95 Å². The van der Waals surface area contributed by atoms with Crippen LogP contribution in [0, 0.1) is 0 Å². The highest BCUT2D eigenvalue weighted by molar-refractivity contribution is 5.90. The Labute approximate surface area is 145 Å². The highest BCUT2D eigenvalue weighted by atomic mass is 16.5. The summed E-state index contributed by atoms with van der Waals surface area (Å²) < 4.78 is 7.04. The van der Waals surface area contributed by atoms with Crippen LogP contribution >= 0.6 is 0 Å². The van der Waals surface area contributed by atoms with Crippen molar-refractivity contribution in [2.24, 2.45) is 0 Å². The molecule has 0 N–H and O–H groups in total. The molecule has 0 saturated heterocycles. The summed E-state index contributed by atoms with van der Waals surface area (Å²) in [5.41, 5.74) is 2.64. The Bertz CT molecular complexity index is 888. The molecule has 1 aromatic carbocycles. The van der Waals surface area contributed by atoms with Crippen LogP contribution in [0.5, 0.6) is 0 Å². The predicted octanol–water partition coefficient (Wildman–Crippen LogP) is 2.66. The van der Waals surface area contributed by atoms with Crippen molar-refractivity contribution in [2.75, 3.05) is 6.61 Å². The number of carbonyl (C=O) groups excluding carboxylic acids is 2. The average molecular weight is 337 g/mol. The Balaban J connectivity index is 2.22. The number of hydrogen-bond acceptors (Lipinski definition) is 5. The van der Waals surface area contributed by atoms with Gasteiger partial charge in [0.05, 0.1) is 18.5 Å². The first-order chi connectivity index (χ1) is 12.3. The minimum absolute atomic E-state index is 0.155. The second kappa shape index (κ2) is 7.70. The van der Waals surface area contributed by atoms with E-state index >= 15 is 0 Å². The molecule has 25 heavy (non-hydrogen) atoms. The topological polar surface area (TPSA) is 74.1 Å². The van der Waals surface area contributed by atoms with Gasteiger partial charge >= 0.3 is 5.97 Å². The number of rotatable bonds is 7. The summed E-state index contributed by atoms with van der Waals surface area (Å²) in [5.74, 6) is 0.237. The summed E-state index contributed by atoms with van der Waals surface area (Å²) in [6.07, 6.45) is 5.24. The molecular formula is C19H19N3O3. The fraction of sp³-hybridized carbons (Fsp3) is 0.263. The maximum Gasteiger partial charge on any atom is 0.310 e. The van der Waals surface area contributed by atoms with E-state index < -0.39 is 0 Å². The van der Waals surface area contributed by atoms with Gasteiger partial charge in [0.15, 0.2) is 0 Å². The average Bonchev–Trinajstić information content (AvgIpc) is 2.94. The van der Waals surface area contributed by atoms with Crippen molar-refractivity contribution >= 4 is 23.2 Å². The maximum atomic E-state index is 12.1. The van der Waals surface area contributed by atoms with Crippen LogP contribution in [0.1, 0.15) is 24.6 Å². The quantitative estimate of drug-likeness (QED) is 0.489. The van der Waals surface area contributed by atoms with Crippen molar-refractivity contribution in [1.82, 2.24) is 14.5 Å². The third kappa shape index (κ3) is 3.42. The highest BCUT2D eigenvalue weighted by Crippen LogP contribution is 2.30. The summed E-state index contributed by atoms with van der Waals surface area (Å²) in [4.78, 5) is 31.7. The molecule has 0 unspecified atom stereocenters. The number of ether oxygens (including phenoxy) is 1. The Morgan fingerprint density at radius 1 is 1.20 bits per heavy atom. The zero-order chi connectivity index (χ0) is 17.6. The Morgan fingerprint density at radius 2 is 1.96 bits per heavy atom. The number of carbonyl (C=O) groups is 2. The van der Waals surface area contributed by atoms with Gasteiger partial charge in [0.25, 0.3) is 0 Å². The minimum atomic E-state index is -0.285. The van der Waals surface area contributed by atoms with Gasteiger partial charge < -0.3 is 9.53 Å². The molecule has 3 rings (SSSR count). The molecule has 0 saturated carbocycles. The molecule has 0 bridgehead atoms. The number of hydrogen-bond donors (Lipinski definition) is 0. The van der Waals surface area contributed by atoms with Crippen LogP contribution in [0.4, 0.5) is 0 Å². The number of aldehydes is 1. The highest BCUT2D eigenvalue weighted by Gasteiger charge is 2.21. The third-order valence-electron chi connectivity index (χ3n) is 3.97. The standard InChI is InChI=1S/C19H19N3O3/c1-2-25-18(24)13-15-14-7-3-4-8-16(14)22(17(15)9-5-12-23)19-20-10-6-11-21-19/h3-4,6-8,10-12H,2,5,9,13H2,1H3. The molecule has 0 aliphatic heterocycles. The lowest BCUT2D eigenvalue weighted by atomic mass is 10.1. The molecule has 0 amide bonds. The van der Waals surface area contributed by atoms with Crippen LogP contribution < -0.4 is 0 Å². The maximum absolute atomic E-state index is 12.1. The van der Waals surface area contributed by atoms with Crippen molar-refractivity contribution in [2.45, 2.75) is 26.2 Å². The first-order valence-corrected chi connectivity index (χ1v) is 8.24. The van der Waals surface area contributed by atoms with Crippen LogP contribution in [0.25, 0.3) is 16.9 Å². The van der Waals surface area contributed by atoms with E-state index in [0.717, 1.165) is 28.4 Å². The van der Waals surface area contributed by atoms with Gasteiger partial charge in [0.2, 0.25) is 5.95 Å². The lowest BCUT2D eigenvalue weighted by Crippen LogP contribution is -2.11. The zero-order valence-electron chi connectivity index (χ0n) is 14.0. The molecule has 3 aromatic rings. The first-order valence-electron chi connectivity index (χ1n) is 8.24. The number of para-hydroxylation sites is 1. The monoisotopic (exact) mass is 337 g/mol. The molecule has 2 heterocycles. The molecule has 128 valence electrons. The summed E-state index contributed by atoms with van der Waals surface area (Å²) in [7, 11) is 0. The molecule has 0 aliphatic carbocycles. The van der Waals surface area contributed by atoms with E-state index in [1.807, 2.05) is 28.8 Å². The summed E-state index contributed by atoms with van der Waals surface area (Å²) in [6.45, 7) is 2.12. The second-order valence-corrected chi connectivity index (χ2v) is 5.51. The minimum Gasteiger partial charge on any atom is -0.466 e. The van der Waals surface area contributed by atoms with Gasteiger partial charge in [-0.2, -0.15) is 0 Å². The molecule has 6 nitrogen and oxygen atoms in total. The Hall–Kier alpha value is -3.02. The largest absolute Gasteiger partial charge is 0.466 e. The van der Waals surface area contributed by atoms with Crippen molar-refractivity contribution < 1.29 is 14.3 Å². The van der Waals surface area contributed by atoms with Crippen LogP contribution in [-0.4, -0.2) is 33.4 Å². The Kier molecular flexibility index (Phi) is 5.18. The molecule has 0 spiro atoms. The van der Waals surface area contributed by atoms with Gasteiger partial charge in [0, 0.05) is 29.9 Å². The van der Waals surface area contributed by atoms with E-state index in [0.29, 0.717) is 25.4 Å². The van der Waals surface area contributed by atoms with Crippen LogP contribution in [0.15, 0.2) is 42.7 Å². The van der Waals surface area contributed by atoms with Crippen LogP contribution in [-0.2, 0) is 27.2 Å². The lowest BCUT2D eigenvalue weighted by molar-refractivity contribution is -0.142. The molecule has 0 aliphatic rings. The van der Waals surface area contributed by atoms with Gasteiger partial charge in [-0.3, -0.25) is 9.36 Å². The zero-order valence-corrected chi connectivity index (χ0v) is 14.0. The van der Waals surface area contributed by atoms with E-state index in [1.54, 1.807) is 25.4 Å². The predicted molar refractivity (Wildman–Crippen MR) is 93.6 cm³/mol. The number of nitrogens with zero attached hydrogens (tertiary/aromatic N) is 3. The van der Waals surface area contributed by atoms with Gasteiger partial charge in [-0.25, -0.2) is 9.97 Å². The van der Waals surface area contributed by atoms with Crippen molar-refractivity contribution in [1.29, 1.82) is 0 Å². The van der Waals surface area contributed by atoms with E-state index in [2.05, 4.69) is 9.97 Å². The molecule has 2 aromatic heterocycles. The van der Waals surface area contributed by atoms with Gasteiger partial charge in [0.1, 0.15) is 6.29 Å². The van der Waals surface area contributed by atoms with E-state index in [1.165, 1.54) is 0 Å². The van der Waals surface area contributed by atoms with Crippen molar-refractivity contribution in [3.63, 3.8) is 0 Å². The molecule has 0 fully saturated rings. The molecule has 0 radical (unpaired) electrons. The smallest absolute Gasteiger partial charge is 0.310 e. The third-order valence-corrected chi connectivity index (χ3v) is 3.97. The van der Waals surface area contributed by atoms with Gasteiger partial charge in [-0.1, -0.05) is 18.2 Å². The summed E-state index contributed by atoms with van der Waals surface area (Å²) in [5, 5.41) is 0.948. The Morgan fingerprint density at radius 3 is 2.68 bits per heavy atom. The van der Waals surface area contributed by atoms with E-state index in [-0.39, 0.29) is 12.4 Å². The second-order valence-electron chi connectivity index (χ2n) is 5.51. The summed E-state index contributed by atoms with van der Waals surface area (Å²) in [6, 6.07) is 9.54. The lowest BCUT2D eigenvalue weighted by Gasteiger charge is -2.09. The van der Waals surface area contributed by atoms with Gasteiger partial charge in [-0.15, -0.1) is 0 Å². The molecular weight excluding hydrogens is 318 g/mol. The number of fused-ring (bicyclic) bond motifs is 1. The van der Waals surface area contributed by atoms with Crippen LogP contribution in [0.3, 0.4) is 0 Å². The number of aromatic nitrogens is 3.